The Morgan fingerprint density at radius 2 is 1.43 bits per heavy atom. The Kier molecular flexibility index (Phi) is 9.95. The number of hydrogen-bond donors (Lipinski definition) is 2. The van der Waals surface area contributed by atoms with Gasteiger partial charge in [-0.05, 0) is 73.2 Å². The third kappa shape index (κ3) is 8.06. The molecule has 2 aliphatic rings. The zero-order valence-corrected chi connectivity index (χ0v) is 27.2. The first-order chi connectivity index (χ1) is 22.0. The van der Waals surface area contributed by atoms with Gasteiger partial charge in [0.1, 0.15) is 5.82 Å². The number of hydrogen-bond acceptors (Lipinski definition) is 7. The second kappa shape index (κ2) is 14.2. The van der Waals surface area contributed by atoms with Gasteiger partial charge in [-0.25, -0.2) is 4.99 Å². The van der Waals surface area contributed by atoms with Crippen molar-refractivity contribution in [2.75, 3.05) is 5.32 Å². The minimum atomic E-state index is -0.129. The monoisotopic (exact) mass is 616 g/mol. The molecule has 1 aliphatic heterocycles. The predicted octanol–water partition coefficient (Wildman–Crippen LogP) is 5.85. The van der Waals surface area contributed by atoms with Crippen molar-refractivity contribution >= 4 is 29.2 Å². The van der Waals surface area contributed by atoms with E-state index in [0.29, 0.717) is 29.0 Å². The van der Waals surface area contributed by atoms with Crippen LogP contribution in [0.25, 0.3) is 5.52 Å². The Balaban J connectivity index is 0.000000181. The van der Waals surface area contributed by atoms with E-state index in [9.17, 15) is 9.59 Å². The van der Waals surface area contributed by atoms with E-state index in [2.05, 4.69) is 88.1 Å². The number of aromatic nitrogens is 5. The van der Waals surface area contributed by atoms with Crippen molar-refractivity contribution in [1.29, 1.82) is 0 Å². The van der Waals surface area contributed by atoms with Gasteiger partial charge in [0.05, 0.1) is 46.8 Å². The average Bonchev–Trinajstić information content (AvgIpc) is 3.62. The summed E-state index contributed by atoms with van der Waals surface area (Å²) in [6.45, 7) is 12.4. The molecule has 2 amide bonds. The lowest BCUT2D eigenvalue weighted by Crippen LogP contribution is -2.25. The molecular weight excluding hydrogens is 576 g/mol. The molecule has 46 heavy (non-hydrogen) atoms. The first-order valence-electron chi connectivity index (χ1n) is 15.5. The van der Waals surface area contributed by atoms with Crippen LogP contribution in [0.1, 0.15) is 62.0 Å². The van der Waals surface area contributed by atoms with Crippen LogP contribution in [0.2, 0.25) is 0 Å². The van der Waals surface area contributed by atoms with E-state index in [1.165, 1.54) is 11.1 Å². The molecule has 0 fully saturated rings. The fourth-order valence-electron chi connectivity index (χ4n) is 5.04. The van der Waals surface area contributed by atoms with Gasteiger partial charge in [0.25, 0.3) is 0 Å². The van der Waals surface area contributed by atoms with Crippen LogP contribution in [0.15, 0.2) is 95.0 Å². The SMILES string of the molecule is Cc1ccc(CC(=O)NC2=C3C=CC(C(C)C)=CC3C=N2)nn1.Cc1ccc(CC(=O)Nc2ccn3cc(C(C)C)ccc23)nn1. The highest BCUT2D eigenvalue weighted by Gasteiger charge is 2.23. The molecule has 6 rings (SSSR count). The Labute approximate surface area is 269 Å². The van der Waals surface area contributed by atoms with Crippen LogP contribution in [0, 0.1) is 25.7 Å². The molecule has 4 aromatic rings. The number of rotatable bonds is 8. The van der Waals surface area contributed by atoms with Crippen molar-refractivity contribution < 1.29 is 9.59 Å². The molecule has 1 atom stereocenters. The Morgan fingerprint density at radius 1 is 0.783 bits per heavy atom. The van der Waals surface area contributed by atoms with E-state index >= 15 is 0 Å². The van der Waals surface area contributed by atoms with E-state index in [4.69, 9.17) is 0 Å². The van der Waals surface area contributed by atoms with Crippen LogP contribution < -0.4 is 10.6 Å². The third-order valence-electron chi connectivity index (χ3n) is 7.76. The topological polar surface area (TPSA) is 127 Å². The molecule has 10 heteroatoms. The molecule has 2 N–H and O–H groups in total. The maximum absolute atomic E-state index is 12.2. The van der Waals surface area contributed by atoms with Crippen LogP contribution in [0.5, 0.6) is 0 Å². The fraction of sp³-hybridized carbons (Fsp3) is 0.306. The van der Waals surface area contributed by atoms with E-state index in [1.54, 1.807) is 0 Å². The summed E-state index contributed by atoms with van der Waals surface area (Å²) in [6.07, 6.45) is 12.7. The zero-order chi connectivity index (χ0) is 32.8. The molecule has 1 aliphatic carbocycles. The van der Waals surface area contributed by atoms with Gasteiger partial charge in [-0.1, -0.05) is 52.0 Å². The number of amides is 2. The van der Waals surface area contributed by atoms with Crippen LogP contribution in [0.3, 0.4) is 0 Å². The maximum atomic E-state index is 12.2. The largest absolute Gasteiger partial charge is 0.324 e. The van der Waals surface area contributed by atoms with E-state index in [0.717, 1.165) is 28.2 Å². The van der Waals surface area contributed by atoms with Crippen LogP contribution >= 0.6 is 0 Å². The smallest absolute Gasteiger partial charge is 0.231 e. The van der Waals surface area contributed by atoms with Gasteiger partial charge in [0.15, 0.2) is 0 Å². The lowest BCUT2D eigenvalue weighted by atomic mass is 9.88. The molecule has 0 radical (unpaired) electrons. The number of aryl methyl sites for hydroxylation is 2. The predicted molar refractivity (Wildman–Crippen MR) is 180 cm³/mol. The quantitative estimate of drug-likeness (QED) is 0.256. The van der Waals surface area contributed by atoms with Gasteiger partial charge >= 0.3 is 0 Å². The first kappa shape index (κ1) is 32.2. The number of fused-ring (bicyclic) bond motifs is 2. The van der Waals surface area contributed by atoms with Gasteiger partial charge in [0, 0.05) is 30.1 Å². The Hall–Kier alpha value is -5.25. The van der Waals surface area contributed by atoms with Gasteiger partial charge in [0.2, 0.25) is 11.8 Å². The van der Waals surface area contributed by atoms with Gasteiger partial charge in [-0.2, -0.15) is 20.4 Å². The number of nitrogens with zero attached hydrogens (tertiary/aromatic N) is 6. The van der Waals surface area contributed by atoms with Crippen molar-refractivity contribution in [1.82, 2.24) is 30.1 Å². The van der Waals surface area contributed by atoms with E-state index in [1.807, 2.05) is 73.1 Å². The first-order valence-corrected chi connectivity index (χ1v) is 15.5. The Morgan fingerprint density at radius 3 is 2.02 bits per heavy atom. The number of nitrogens with one attached hydrogen (secondary N) is 2. The molecule has 0 spiro atoms. The van der Waals surface area contributed by atoms with Crippen molar-refractivity contribution in [3.63, 3.8) is 0 Å². The van der Waals surface area contributed by atoms with Crippen molar-refractivity contribution in [2.45, 2.75) is 60.3 Å². The molecule has 236 valence electrons. The third-order valence-corrected chi connectivity index (χ3v) is 7.76. The molecular formula is C36H40N8O2. The summed E-state index contributed by atoms with van der Waals surface area (Å²) >= 11 is 0. The molecule has 0 aromatic carbocycles. The van der Waals surface area contributed by atoms with Crippen LogP contribution in [-0.4, -0.2) is 42.8 Å². The number of anilines is 1. The molecule has 0 saturated carbocycles. The lowest BCUT2D eigenvalue weighted by Gasteiger charge is -2.16. The second-order valence-corrected chi connectivity index (χ2v) is 12.2. The summed E-state index contributed by atoms with van der Waals surface area (Å²) in [5.74, 6) is 1.53. The van der Waals surface area contributed by atoms with E-state index in [-0.39, 0.29) is 30.6 Å². The minimum absolute atomic E-state index is 0.0933. The standard InChI is InChI=1S/2C18H20N4O/c1-11(2)13-5-7-16-14(8-13)10-19-18(16)20-17(23)9-15-6-4-12(3)21-22-15;1-12(2)14-5-7-17-16(8-9-22(17)11-14)19-18(23)10-15-6-4-13(3)20-21-15/h4-8,10-11,14H,9H2,1-3H3,(H,20,23);4-9,11-12H,10H2,1-3H3,(H,19,23). The highest BCUT2D eigenvalue weighted by Crippen LogP contribution is 2.30. The summed E-state index contributed by atoms with van der Waals surface area (Å²) in [6, 6.07) is 13.4. The second-order valence-electron chi connectivity index (χ2n) is 12.2. The minimum Gasteiger partial charge on any atom is -0.324 e. The summed E-state index contributed by atoms with van der Waals surface area (Å²) in [5, 5.41) is 21.8. The number of allylic oxidation sites excluding steroid dienone is 5. The lowest BCUT2D eigenvalue weighted by molar-refractivity contribution is -0.120. The number of pyridine rings is 1. The summed E-state index contributed by atoms with van der Waals surface area (Å²) in [7, 11) is 0. The van der Waals surface area contributed by atoms with Gasteiger partial charge < -0.3 is 15.0 Å². The molecule has 10 nitrogen and oxygen atoms in total. The molecule has 0 bridgehead atoms. The molecule has 5 heterocycles. The summed E-state index contributed by atoms with van der Waals surface area (Å²) < 4.78 is 2.04. The highest BCUT2D eigenvalue weighted by atomic mass is 16.2. The van der Waals surface area contributed by atoms with Gasteiger partial charge in [-0.3, -0.25) is 9.59 Å². The zero-order valence-electron chi connectivity index (χ0n) is 27.2. The highest BCUT2D eigenvalue weighted by molar-refractivity contribution is 5.96. The van der Waals surface area contributed by atoms with Crippen molar-refractivity contribution in [3.8, 4) is 0 Å². The molecule has 0 saturated heterocycles. The van der Waals surface area contributed by atoms with E-state index < -0.39 is 0 Å². The maximum Gasteiger partial charge on any atom is 0.231 e. The molecule has 1 unspecified atom stereocenters. The normalized spacial score (nSPS) is 15.1. The van der Waals surface area contributed by atoms with Crippen LogP contribution in [-0.2, 0) is 22.4 Å². The number of aliphatic imine (C=N–C) groups is 1. The number of carbonyl (C=O) groups excluding carboxylic acids is 2. The fourth-order valence-corrected chi connectivity index (χ4v) is 5.04. The van der Waals surface area contributed by atoms with Crippen molar-refractivity contribution in [2.24, 2.45) is 16.8 Å². The molecule has 4 aromatic heterocycles. The Bertz CT molecular complexity index is 1850. The van der Waals surface area contributed by atoms with Crippen LogP contribution in [0.4, 0.5) is 5.69 Å². The van der Waals surface area contributed by atoms with Crippen molar-refractivity contribution in [3.05, 3.63) is 118 Å². The summed E-state index contributed by atoms with van der Waals surface area (Å²) in [4.78, 5) is 28.7. The average molecular weight is 617 g/mol. The summed E-state index contributed by atoms with van der Waals surface area (Å²) in [5.41, 5.74) is 8.39. The number of carbonyl (C=O) groups is 2. The van der Waals surface area contributed by atoms with Gasteiger partial charge in [-0.15, -0.1) is 0 Å².